The van der Waals surface area contributed by atoms with E-state index in [4.69, 9.17) is 4.74 Å². The van der Waals surface area contributed by atoms with Gasteiger partial charge >= 0.3 is 0 Å². The molecule has 2 aromatic rings. The van der Waals surface area contributed by atoms with E-state index in [0.29, 0.717) is 28.7 Å². The summed E-state index contributed by atoms with van der Waals surface area (Å²) in [5.74, 6) is -0.292. The minimum Gasteiger partial charge on any atom is -0.497 e. The molecule has 1 amide bonds. The molecule has 2 aliphatic rings. The first-order chi connectivity index (χ1) is 14.0. The molecule has 0 saturated carbocycles. The SMILES string of the molecule is COc1ccc(C2c3c(nc(N4CCCC(C)C4)[nH]c3=O)NC(=O)C2C#N)cc1. The van der Waals surface area contributed by atoms with Gasteiger partial charge in [-0.1, -0.05) is 19.1 Å². The lowest BCUT2D eigenvalue weighted by Gasteiger charge is -2.33. The fraction of sp³-hybridized carbons (Fsp3) is 0.429. The zero-order chi connectivity index (χ0) is 20.5. The van der Waals surface area contributed by atoms with E-state index in [2.05, 4.69) is 22.2 Å². The van der Waals surface area contributed by atoms with Crippen molar-refractivity contribution in [2.24, 2.45) is 11.8 Å². The summed E-state index contributed by atoms with van der Waals surface area (Å²) in [4.78, 5) is 35.2. The highest BCUT2D eigenvalue weighted by Crippen LogP contribution is 2.38. The van der Waals surface area contributed by atoms with E-state index < -0.39 is 17.7 Å². The van der Waals surface area contributed by atoms with Gasteiger partial charge in [0, 0.05) is 19.0 Å². The lowest BCUT2D eigenvalue weighted by molar-refractivity contribution is -0.119. The summed E-state index contributed by atoms with van der Waals surface area (Å²) >= 11 is 0. The van der Waals surface area contributed by atoms with E-state index in [1.54, 1.807) is 31.4 Å². The molecule has 2 N–H and O–H groups in total. The third-order valence-corrected chi connectivity index (χ3v) is 5.68. The van der Waals surface area contributed by atoms with Gasteiger partial charge in [0.2, 0.25) is 11.9 Å². The van der Waals surface area contributed by atoms with Crippen LogP contribution in [0, 0.1) is 23.2 Å². The molecule has 0 bridgehead atoms. The van der Waals surface area contributed by atoms with E-state index in [1.807, 2.05) is 11.0 Å². The molecular weight excluding hydrogens is 370 g/mol. The molecule has 0 aliphatic carbocycles. The first kappa shape index (κ1) is 19.0. The van der Waals surface area contributed by atoms with Crippen LogP contribution in [-0.2, 0) is 4.79 Å². The summed E-state index contributed by atoms with van der Waals surface area (Å²) in [5, 5.41) is 12.3. The predicted octanol–water partition coefficient (Wildman–Crippen LogP) is 2.24. The van der Waals surface area contributed by atoms with Crippen molar-refractivity contribution in [1.29, 1.82) is 5.26 Å². The Kier molecular flexibility index (Phi) is 4.97. The largest absolute Gasteiger partial charge is 0.497 e. The van der Waals surface area contributed by atoms with Gasteiger partial charge in [0.05, 0.1) is 18.7 Å². The Morgan fingerprint density at radius 2 is 2.03 bits per heavy atom. The minimum absolute atomic E-state index is 0.235. The van der Waals surface area contributed by atoms with Crippen LogP contribution in [0.3, 0.4) is 0 Å². The lowest BCUT2D eigenvalue weighted by atomic mass is 9.79. The van der Waals surface area contributed by atoms with Crippen molar-refractivity contribution in [3.63, 3.8) is 0 Å². The summed E-state index contributed by atoms with van der Waals surface area (Å²) < 4.78 is 5.19. The monoisotopic (exact) mass is 393 g/mol. The second kappa shape index (κ2) is 7.59. The molecule has 8 heteroatoms. The van der Waals surface area contributed by atoms with E-state index in [1.165, 1.54) is 0 Å². The Labute approximate surface area is 168 Å². The number of hydrogen-bond acceptors (Lipinski definition) is 6. The number of nitriles is 1. The lowest BCUT2D eigenvalue weighted by Crippen LogP contribution is -2.41. The van der Waals surface area contributed by atoms with Crippen LogP contribution in [0.4, 0.5) is 11.8 Å². The average Bonchev–Trinajstić information content (AvgIpc) is 2.72. The van der Waals surface area contributed by atoms with Gasteiger partial charge in [-0.2, -0.15) is 10.2 Å². The maximum Gasteiger partial charge on any atom is 0.258 e. The van der Waals surface area contributed by atoms with Gasteiger partial charge in [0.15, 0.2) is 0 Å². The van der Waals surface area contributed by atoms with E-state index >= 15 is 0 Å². The number of hydrogen-bond donors (Lipinski definition) is 2. The third kappa shape index (κ3) is 3.44. The number of amides is 1. The Hall–Kier alpha value is -3.34. The minimum atomic E-state index is -1.01. The number of anilines is 2. The topological polar surface area (TPSA) is 111 Å². The van der Waals surface area contributed by atoms with Crippen LogP contribution in [-0.4, -0.2) is 36.1 Å². The van der Waals surface area contributed by atoms with Crippen molar-refractivity contribution in [3.8, 4) is 11.8 Å². The molecule has 1 fully saturated rings. The summed E-state index contributed by atoms with van der Waals surface area (Å²) in [6.45, 7) is 3.78. The van der Waals surface area contributed by atoms with Gasteiger partial charge < -0.3 is 15.0 Å². The van der Waals surface area contributed by atoms with E-state index in [0.717, 1.165) is 25.9 Å². The van der Waals surface area contributed by atoms with Crippen molar-refractivity contribution in [1.82, 2.24) is 9.97 Å². The standard InChI is InChI=1S/C21H23N5O3/c1-12-4-3-9-26(11-12)21-24-18-17(20(28)25-21)16(15(10-22)19(27)23-18)13-5-7-14(29-2)8-6-13/h5-8,12,15-16H,3-4,9,11H2,1-2H3,(H2,23,24,25,27,28). The van der Waals surface area contributed by atoms with Crippen LogP contribution in [0.1, 0.15) is 36.8 Å². The first-order valence-electron chi connectivity index (χ1n) is 9.75. The number of aromatic nitrogens is 2. The number of nitrogens with zero attached hydrogens (tertiary/aromatic N) is 3. The molecule has 150 valence electrons. The van der Waals surface area contributed by atoms with Gasteiger partial charge in [0.1, 0.15) is 17.5 Å². The number of ether oxygens (including phenoxy) is 1. The van der Waals surface area contributed by atoms with Gasteiger partial charge in [-0.3, -0.25) is 14.6 Å². The zero-order valence-corrected chi connectivity index (χ0v) is 16.4. The van der Waals surface area contributed by atoms with Crippen LogP contribution in [0.5, 0.6) is 5.75 Å². The van der Waals surface area contributed by atoms with Crippen molar-refractivity contribution in [2.75, 3.05) is 30.4 Å². The van der Waals surface area contributed by atoms with Crippen molar-refractivity contribution in [3.05, 3.63) is 45.7 Å². The maximum atomic E-state index is 13.1. The number of rotatable bonds is 3. The zero-order valence-electron chi connectivity index (χ0n) is 16.4. The van der Waals surface area contributed by atoms with Crippen LogP contribution in [0.25, 0.3) is 0 Å². The molecule has 1 aromatic carbocycles. The molecule has 0 radical (unpaired) electrons. The van der Waals surface area contributed by atoms with Crippen LogP contribution in [0.2, 0.25) is 0 Å². The molecule has 0 spiro atoms. The number of methoxy groups -OCH3 is 1. The normalized spacial score (nSPS) is 23.7. The molecule has 1 aromatic heterocycles. The Balaban J connectivity index is 1.80. The number of carbonyl (C=O) groups is 1. The molecule has 8 nitrogen and oxygen atoms in total. The van der Waals surface area contributed by atoms with Crippen molar-refractivity contribution < 1.29 is 9.53 Å². The maximum absolute atomic E-state index is 13.1. The molecular formula is C21H23N5O3. The number of piperidine rings is 1. The highest BCUT2D eigenvalue weighted by molar-refractivity contribution is 5.98. The summed E-state index contributed by atoms with van der Waals surface area (Å²) in [7, 11) is 1.56. The highest BCUT2D eigenvalue weighted by atomic mass is 16.5. The van der Waals surface area contributed by atoms with Crippen LogP contribution in [0.15, 0.2) is 29.1 Å². The van der Waals surface area contributed by atoms with Crippen molar-refractivity contribution in [2.45, 2.75) is 25.7 Å². The fourth-order valence-corrected chi connectivity index (χ4v) is 4.20. The average molecular weight is 393 g/mol. The number of aromatic amines is 1. The second-order valence-corrected chi connectivity index (χ2v) is 7.69. The van der Waals surface area contributed by atoms with Gasteiger partial charge in [-0.25, -0.2) is 0 Å². The Morgan fingerprint density at radius 1 is 1.28 bits per heavy atom. The molecule has 1 saturated heterocycles. The molecule has 3 atom stereocenters. The molecule has 3 heterocycles. The highest BCUT2D eigenvalue weighted by Gasteiger charge is 2.40. The summed E-state index contributed by atoms with van der Waals surface area (Å²) in [6, 6.07) is 9.10. The van der Waals surface area contributed by atoms with E-state index in [9.17, 15) is 14.9 Å². The fourth-order valence-electron chi connectivity index (χ4n) is 4.20. The Morgan fingerprint density at radius 3 is 2.69 bits per heavy atom. The smallest absolute Gasteiger partial charge is 0.258 e. The Bertz CT molecular complexity index is 1020. The summed E-state index contributed by atoms with van der Waals surface area (Å²) in [6.07, 6.45) is 2.17. The molecule has 2 aliphatic heterocycles. The number of H-pyrrole nitrogens is 1. The second-order valence-electron chi connectivity index (χ2n) is 7.69. The first-order valence-corrected chi connectivity index (χ1v) is 9.75. The summed E-state index contributed by atoms with van der Waals surface area (Å²) in [5.41, 5.74) is 0.680. The molecule has 3 unspecified atom stereocenters. The van der Waals surface area contributed by atoms with Crippen LogP contribution >= 0.6 is 0 Å². The number of benzene rings is 1. The third-order valence-electron chi connectivity index (χ3n) is 5.68. The quantitative estimate of drug-likeness (QED) is 0.827. The molecule has 29 heavy (non-hydrogen) atoms. The van der Waals surface area contributed by atoms with E-state index in [-0.39, 0.29) is 11.4 Å². The predicted molar refractivity (Wildman–Crippen MR) is 108 cm³/mol. The number of fused-ring (bicyclic) bond motifs is 1. The van der Waals surface area contributed by atoms with Crippen molar-refractivity contribution >= 4 is 17.7 Å². The van der Waals surface area contributed by atoms with Crippen LogP contribution < -0.4 is 20.5 Å². The van der Waals surface area contributed by atoms with Gasteiger partial charge in [-0.15, -0.1) is 0 Å². The molecule has 4 rings (SSSR count). The van der Waals surface area contributed by atoms with Gasteiger partial charge in [-0.05, 0) is 36.5 Å². The number of nitrogens with one attached hydrogen (secondary N) is 2. The van der Waals surface area contributed by atoms with Gasteiger partial charge in [0.25, 0.3) is 5.56 Å². The number of carbonyl (C=O) groups excluding carboxylic acids is 1.